The fourth-order valence-corrected chi connectivity index (χ4v) is 2.25. The van der Waals surface area contributed by atoms with Gasteiger partial charge in [0.1, 0.15) is 5.75 Å². The van der Waals surface area contributed by atoms with E-state index in [2.05, 4.69) is 21.2 Å². The van der Waals surface area contributed by atoms with E-state index >= 15 is 0 Å². The fraction of sp³-hybridized carbons (Fsp3) is 0.455. The van der Waals surface area contributed by atoms with Crippen molar-refractivity contribution in [2.45, 2.75) is 24.9 Å². The summed E-state index contributed by atoms with van der Waals surface area (Å²) in [6, 6.07) is 6.87. The molecule has 3 nitrogen and oxygen atoms in total. The first-order chi connectivity index (χ1) is 7.17. The smallest absolute Gasteiger partial charge is 0.122 e. The number of benzene rings is 1. The number of methoxy groups -OCH3 is 1. The maximum absolute atomic E-state index is 5.73. The largest absolute Gasteiger partial charge is 0.497 e. The summed E-state index contributed by atoms with van der Waals surface area (Å²) < 4.78 is 6.22. The molecule has 1 fully saturated rings. The molecule has 0 saturated heterocycles. The van der Waals surface area contributed by atoms with Crippen molar-refractivity contribution in [3.8, 4) is 5.75 Å². The van der Waals surface area contributed by atoms with Gasteiger partial charge in [-0.25, -0.2) is 0 Å². The zero-order valence-corrected chi connectivity index (χ0v) is 10.3. The second-order valence-corrected chi connectivity index (χ2v) is 4.87. The molecular weight excluding hydrogens is 256 g/mol. The number of halogens is 1. The van der Waals surface area contributed by atoms with Crippen LogP contribution in [0.4, 0.5) is 5.69 Å². The number of nitrogens with one attached hydrogen (secondary N) is 1. The van der Waals surface area contributed by atoms with Gasteiger partial charge in [-0.1, -0.05) is 15.9 Å². The minimum atomic E-state index is 0.372. The second kappa shape index (κ2) is 4.41. The molecule has 0 aromatic heterocycles. The van der Waals surface area contributed by atoms with Crippen LogP contribution in [-0.4, -0.2) is 19.2 Å². The zero-order chi connectivity index (χ0) is 10.8. The summed E-state index contributed by atoms with van der Waals surface area (Å²) in [7, 11) is 1.67. The van der Waals surface area contributed by atoms with E-state index in [1.54, 1.807) is 7.11 Å². The molecule has 1 aliphatic carbocycles. The van der Waals surface area contributed by atoms with Crippen LogP contribution in [0.3, 0.4) is 0 Å². The minimum Gasteiger partial charge on any atom is -0.497 e. The summed E-state index contributed by atoms with van der Waals surface area (Å²) >= 11 is 3.45. The molecule has 0 aliphatic heterocycles. The predicted molar refractivity (Wildman–Crippen MR) is 65.3 cm³/mol. The third kappa shape index (κ3) is 2.63. The van der Waals surface area contributed by atoms with E-state index in [0.717, 1.165) is 28.8 Å². The molecule has 0 bridgehead atoms. The highest BCUT2D eigenvalue weighted by Gasteiger charge is 2.25. The standard InChI is InChI=1S/C11H15BrN2O/c1-15-11-3-7(12)2-9(6-11)14-10-4-8(13)5-10/h2-3,6,8,10,14H,4-5,13H2,1H3. The maximum Gasteiger partial charge on any atom is 0.122 e. The van der Waals surface area contributed by atoms with Crippen LogP contribution in [0.2, 0.25) is 0 Å². The number of hydrogen-bond donors (Lipinski definition) is 2. The highest BCUT2D eigenvalue weighted by atomic mass is 79.9. The number of nitrogens with two attached hydrogens (primary N) is 1. The fourth-order valence-electron chi connectivity index (χ4n) is 1.78. The Morgan fingerprint density at radius 2 is 2.13 bits per heavy atom. The highest BCUT2D eigenvalue weighted by molar-refractivity contribution is 9.10. The monoisotopic (exact) mass is 270 g/mol. The lowest BCUT2D eigenvalue weighted by molar-refractivity contribution is 0.373. The van der Waals surface area contributed by atoms with Gasteiger partial charge in [0.25, 0.3) is 0 Å². The van der Waals surface area contributed by atoms with Crippen molar-refractivity contribution in [3.63, 3.8) is 0 Å². The Bertz CT molecular complexity index is 350. The summed E-state index contributed by atoms with van der Waals surface area (Å²) in [5, 5.41) is 3.43. The number of rotatable bonds is 3. The molecule has 82 valence electrons. The van der Waals surface area contributed by atoms with Gasteiger partial charge in [-0.15, -0.1) is 0 Å². The third-order valence-corrected chi connectivity index (χ3v) is 3.11. The van der Waals surface area contributed by atoms with Gasteiger partial charge < -0.3 is 15.8 Å². The lowest BCUT2D eigenvalue weighted by Gasteiger charge is -2.33. The molecule has 0 spiro atoms. The summed E-state index contributed by atoms with van der Waals surface area (Å²) in [5.74, 6) is 0.857. The summed E-state index contributed by atoms with van der Waals surface area (Å²) in [6.07, 6.45) is 2.10. The van der Waals surface area contributed by atoms with Crippen LogP contribution in [-0.2, 0) is 0 Å². The number of anilines is 1. The van der Waals surface area contributed by atoms with Crippen molar-refractivity contribution in [1.29, 1.82) is 0 Å². The van der Waals surface area contributed by atoms with Crippen LogP contribution < -0.4 is 15.8 Å². The topological polar surface area (TPSA) is 47.3 Å². The summed E-state index contributed by atoms with van der Waals surface area (Å²) in [6.45, 7) is 0. The summed E-state index contributed by atoms with van der Waals surface area (Å²) in [5.41, 5.74) is 6.82. The van der Waals surface area contributed by atoms with Gasteiger partial charge in [-0.2, -0.15) is 0 Å². The maximum atomic E-state index is 5.73. The first-order valence-corrected chi connectivity index (χ1v) is 5.83. The second-order valence-electron chi connectivity index (χ2n) is 3.95. The van der Waals surface area contributed by atoms with Crippen molar-refractivity contribution < 1.29 is 4.74 Å². The van der Waals surface area contributed by atoms with Gasteiger partial charge in [0.05, 0.1) is 7.11 Å². The Morgan fingerprint density at radius 1 is 1.40 bits per heavy atom. The Labute approximate surface area is 98.1 Å². The molecule has 0 heterocycles. The van der Waals surface area contributed by atoms with E-state index in [0.29, 0.717) is 12.1 Å². The van der Waals surface area contributed by atoms with Gasteiger partial charge in [0.15, 0.2) is 0 Å². The minimum absolute atomic E-state index is 0.372. The molecule has 1 aromatic rings. The molecule has 1 aromatic carbocycles. The first kappa shape index (κ1) is 10.8. The van der Waals surface area contributed by atoms with Gasteiger partial charge in [0, 0.05) is 28.3 Å². The summed E-state index contributed by atoms with van der Waals surface area (Å²) in [4.78, 5) is 0. The molecule has 0 radical (unpaired) electrons. The van der Waals surface area contributed by atoms with Crippen LogP contribution in [0.25, 0.3) is 0 Å². The highest BCUT2D eigenvalue weighted by Crippen LogP contribution is 2.28. The van der Waals surface area contributed by atoms with Gasteiger partial charge in [0.2, 0.25) is 0 Å². The van der Waals surface area contributed by atoms with Crippen molar-refractivity contribution in [1.82, 2.24) is 0 Å². The van der Waals surface area contributed by atoms with Crippen LogP contribution in [0.15, 0.2) is 22.7 Å². The van der Waals surface area contributed by atoms with Crippen molar-refractivity contribution in [2.75, 3.05) is 12.4 Å². The van der Waals surface area contributed by atoms with Crippen molar-refractivity contribution in [3.05, 3.63) is 22.7 Å². The number of hydrogen-bond acceptors (Lipinski definition) is 3. The average Bonchev–Trinajstić information content (AvgIpc) is 2.14. The van der Waals surface area contributed by atoms with E-state index in [4.69, 9.17) is 10.5 Å². The average molecular weight is 271 g/mol. The molecule has 0 atom stereocenters. The lowest BCUT2D eigenvalue weighted by atomic mass is 9.87. The Hall–Kier alpha value is -0.740. The Balaban J connectivity index is 2.04. The Kier molecular flexibility index (Phi) is 3.17. The Morgan fingerprint density at radius 3 is 2.73 bits per heavy atom. The van der Waals surface area contributed by atoms with Crippen LogP contribution >= 0.6 is 15.9 Å². The van der Waals surface area contributed by atoms with Crippen molar-refractivity contribution in [2.24, 2.45) is 5.73 Å². The number of ether oxygens (including phenoxy) is 1. The molecule has 2 rings (SSSR count). The SMILES string of the molecule is COc1cc(Br)cc(NC2CC(N)C2)c1. The van der Waals surface area contributed by atoms with E-state index in [1.807, 2.05) is 18.2 Å². The third-order valence-electron chi connectivity index (χ3n) is 2.65. The van der Waals surface area contributed by atoms with E-state index in [1.165, 1.54) is 0 Å². The zero-order valence-electron chi connectivity index (χ0n) is 8.66. The van der Waals surface area contributed by atoms with Crippen molar-refractivity contribution >= 4 is 21.6 Å². The molecule has 1 saturated carbocycles. The molecule has 0 amide bonds. The normalized spacial score (nSPS) is 24.5. The van der Waals surface area contributed by atoms with Crippen LogP contribution in [0.1, 0.15) is 12.8 Å². The molecule has 0 unspecified atom stereocenters. The van der Waals surface area contributed by atoms with Crippen LogP contribution in [0, 0.1) is 0 Å². The van der Waals surface area contributed by atoms with E-state index in [9.17, 15) is 0 Å². The molecule has 15 heavy (non-hydrogen) atoms. The molecule has 1 aliphatic rings. The lowest BCUT2D eigenvalue weighted by Crippen LogP contribution is -2.44. The van der Waals surface area contributed by atoms with E-state index in [-0.39, 0.29) is 0 Å². The van der Waals surface area contributed by atoms with Crippen LogP contribution in [0.5, 0.6) is 5.75 Å². The first-order valence-electron chi connectivity index (χ1n) is 5.04. The van der Waals surface area contributed by atoms with Gasteiger partial charge in [-0.3, -0.25) is 0 Å². The van der Waals surface area contributed by atoms with Gasteiger partial charge in [-0.05, 0) is 25.0 Å². The predicted octanol–water partition coefficient (Wildman–Crippen LogP) is 2.36. The van der Waals surface area contributed by atoms with E-state index < -0.39 is 0 Å². The molecule has 4 heteroatoms. The molecular formula is C11H15BrN2O. The molecule has 3 N–H and O–H groups in total. The van der Waals surface area contributed by atoms with Gasteiger partial charge >= 0.3 is 0 Å². The quantitative estimate of drug-likeness (QED) is 0.887.